The predicted molar refractivity (Wildman–Crippen MR) is 146 cm³/mol. The summed E-state index contributed by atoms with van der Waals surface area (Å²) in [6, 6.07) is 22.0. The molecule has 0 amide bonds. The number of aryl methyl sites for hydroxylation is 1. The van der Waals surface area contributed by atoms with Crippen molar-refractivity contribution in [3.05, 3.63) is 116 Å². The van der Waals surface area contributed by atoms with E-state index >= 15 is 0 Å². The minimum Gasteiger partial charge on any atom is -0.460 e. The van der Waals surface area contributed by atoms with Crippen LogP contribution < -0.4 is 0 Å². The van der Waals surface area contributed by atoms with Gasteiger partial charge in [-0.1, -0.05) is 64.5 Å². The summed E-state index contributed by atoms with van der Waals surface area (Å²) in [5.41, 5.74) is 6.64. The summed E-state index contributed by atoms with van der Waals surface area (Å²) in [7, 11) is 0. The number of nitrogens with zero attached hydrogens (tertiary/aromatic N) is 1. The molecular formula is C30H19Br2NO2. The van der Waals surface area contributed by atoms with Gasteiger partial charge < -0.3 is 9.52 Å². The Kier molecular flexibility index (Phi) is 4.72. The van der Waals surface area contributed by atoms with Gasteiger partial charge in [0.25, 0.3) is 0 Å². The second kappa shape index (κ2) is 7.76. The van der Waals surface area contributed by atoms with E-state index in [1.54, 1.807) is 6.20 Å². The lowest BCUT2D eigenvalue weighted by molar-refractivity contribution is 0.131. The molecule has 2 aliphatic rings. The number of aliphatic hydroxyl groups is 1. The molecule has 0 radical (unpaired) electrons. The molecule has 5 heteroatoms. The van der Waals surface area contributed by atoms with Crippen LogP contribution in [0.5, 0.6) is 0 Å². The average Bonchev–Trinajstić information content (AvgIpc) is 3.39. The maximum Gasteiger partial charge on any atom is 0.144 e. The Morgan fingerprint density at radius 2 is 1.74 bits per heavy atom. The van der Waals surface area contributed by atoms with Crippen LogP contribution in [0.15, 0.2) is 92.4 Å². The predicted octanol–water partition coefficient (Wildman–Crippen LogP) is 8.24. The topological polar surface area (TPSA) is 46.3 Å². The first kappa shape index (κ1) is 21.3. The standard InChI is InChI=1S/C30H19Br2NO2/c31-17-12-13-19-22(15-17)30(34,21-9-3-1-7-18(21)25-10-5-6-14-33-25)23-16-24(32)28-20-8-2-4-11-26(20)35-29(28)27(19)23/h1-3,5-10,12-16,34H,4,11H2. The number of benzene rings is 3. The van der Waals surface area contributed by atoms with Gasteiger partial charge >= 0.3 is 0 Å². The van der Waals surface area contributed by atoms with Gasteiger partial charge in [-0.2, -0.15) is 0 Å². The number of hydrogen-bond acceptors (Lipinski definition) is 3. The van der Waals surface area contributed by atoms with Crippen molar-refractivity contribution in [2.45, 2.75) is 18.4 Å². The lowest BCUT2D eigenvalue weighted by Crippen LogP contribution is -2.27. The molecule has 2 aromatic heterocycles. The van der Waals surface area contributed by atoms with E-state index in [0.717, 1.165) is 83.2 Å². The van der Waals surface area contributed by atoms with Crippen LogP contribution in [0, 0.1) is 0 Å². The summed E-state index contributed by atoms with van der Waals surface area (Å²) in [6.45, 7) is 0. The van der Waals surface area contributed by atoms with Crippen molar-refractivity contribution in [3.63, 3.8) is 0 Å². The number of hydrogen-bond donors (Lipinski definition) is 1. The normalized spacial score (nSPS) is 17.9. The fourth-order valence-electron chi connectivity index (χ4n) is 5.64. The SMILES string of the molecule is OC1(c2ccccc2-c2ccccn2)c2cc(Br)ccc2-c2c1cc(Br)c1c3c(oc21)CCC=C3. The maximum absolute atomic E-state index is 12.8. The third kappa shape index (κ3) is 2.95. The number of halogens is 2. The van der Waals surface area contributed by atoms with E-state index in [-0.39, 0.29) is 0 Å². The Morgan fingerprint density at radius 3 is 2.60 bits per heavy atom. The maximum atomic E-state index is 12.8. The van der Waals surface area contributed by atoms with E-state index in [9.17, 15) is 5.11 Å². The molecule has 2 heterocycles. The molecule has 0 fully saturated rings. The Morgan fingerprint density at radius 1 is 0.886 bits per heavy atom. The number of furan rings is 1. The van der Waals surface area contributed by atoms with Crippen LogP contribution in [0.25, 0.3) is 39.4 Å². The lowest BCUT2D eigenvalue weighted by atomic mass is 9.81. The molecule has 1 N–H and O–H groups in total. The van der Waals surface area contributed by atoms with E-state index in [0.29, 0.717) is 0 Å². The first-order valence-electron chi connectivity index (χ1n) is 11.6. The summed E-state index contributed by atoms with van der Waals surface area (Å²) in [5, 5.41) is 13.9. The fraction of sp³-hybridized carbons (Fsp3) is 0.100. The van der Waals surface area contributed by atoms with Gasteiger partial charge in [0.15, 0.2) is 0 Å². The Hall–Kier alpha value is -2.99. The summed E-state index contributed by atoms with van der Waals surface area (Å²) in [4.78, 5) is 4.60. The number of fused-ring (bicyclic) bond motifs is 7. The Bertz CT molecular complexity index is 1690. The second-order valence-electron chi connectivity index (χ2n) is 9.03. The Labute approximate surface area is 219 Å². The summed E-state index contributed by atoms with van der Waals surface area (Å²) in [6.07, 6.45) is 7.98. The number of rotatable bonds is 2. The van der Waals surface area contributed by atoms with Crippen LogP contribution in [0.1, 0.15) is 34.4 Å². The van der Waals surface area contributed by atoms with Gasteiger partial charge in [-0.3, -0.25) is 4.98 Å². The van der Waals surface area contributed by atoms with E-state index in [1.807, 2.05) is 54.6 Å². The van der Waals surface area contributed by atoms with Crippen LogP contribution in [0.2, 0.25) is 0 Å². The van der Waals surface area contributed by atoms with Crippen LogP contribution in [-0.4, -0.2) is 10.1 Å². The molecular weight excluding hydrogens is 566 g/mol. The van der Waals surface area contributed by atoms with E-state index in [4.69, 9.17) is 4.42 Å². The Balaban J connectivity index is 1.61. The summed E-state index contributed by atoms with van der Waals surface area (Å²) >= 11 is 7.47. The minimum atomic E-state index is -1.39. The number of aromatic nitrogens is 1. The smallest absolute Gasteiger partial charge is 0.144 e. The molecule has 3 nitrogen and oxygen atoms in total. The molecule has 1 atom stereocenters. The molecule has 170 valence electrons. The van der Waals surface area contributed by atoms with Crippen LogP contribution in [0.3, 0.4) is 0 Å². The van der Waals surface area contributed by atoms with Gasteiger partial charge in [0.05, 0.1) is 5.69 Å². The van der Waals surface area contributed by atoms with Crippen LogP contribution in [-0.2, 0) is 12.0 Å². The van der Waals surface area contributed by atoms with Gasteiger partial charge in [0.2, 0.25) is 0 Å². The molecule has 0 spiro atoms. The zero-order valence-corrected chi connectivity index (χ0v) is 21.7. The summed E-state index contributed by atoms with van der Waals surface area (Å²) < 4.78 is 8.36. The summed E-state index contributed by atoms with van der Waals surface area (Å²) in [5.74, 6) is 1.000. The first-order valence-corrected chi connectivity index (χ1v) is 13.1. The van der Waals surface area contributed by atoms with Crippen molar-refractivity contribution < 1.29 is 9.52 Å². The monoisotopic (exact) mass is 583 g/mol. The quantitative estimate of drug-likeness (QED) is 0.227. The van der Waals surface area contributed by atoms with Crippen molar-refractivity contribution in [1.82, 2.24) is 4.98 Å². The fourth-order valence-corrected chi connectivity index (χ4v) is 6.62. The zero-order valence-electron chi connectivity index (χ0n) is 18.6. The van der Waals surface area contributed by atoms with Crippen molar-refractivity contribution in [2.24, 2.45) is 0 Å². The molecule has 0 saturated carbocycles. The third-order valence-electron chi connectivity index (χ3n) is 7.14. The van der Waals surface area contributed by atoms with Gasteiger partial charge in [-0.05, 0) is 58.2 Å². The first-order chi connectivity index (χ1) is 17.1. The highest BCUT2D eigenvalue weighted by atomic mass is 79.9. The highest BCUT2D eigenvalue weighted by molar-refractivity contribution is 9.11. The lowest BCUT2D eigenvalue weighted by Gasteiger charge is -2.29. The third-order valence-corrected chi connectivity index (χ3v) is 8.26. The van der Waals surface area contributed by atoms with Gasteiger partial charge in [0, 0.05) is 60.3 Å². The van der Waals surface area contributed by atoms with E-state index < -0.39 is 5.60 Å². The van der Waals surface area contributed by atoms with Gasteiger partial charge in [-0.15, -0.1) is 0 Å². The van der Waals surface area contributed by atoms with Crippen LogP contribution in [0.4, 0.5) is 0 Å². The molecule has 0 bridgehead atoms. The molecule has 1 unspecified atom stereocenters. The van der Waals surface area contributed by atoms with E-state index in [2.05, 4.69) is 61.1 Å². The van der Waals surface area contributed by atoms with Crippen molar-refractivity contribution in [3.8, 4) is 22.4 Å². The highest BCUT2D eigenvalue weighted by Crippen LogP contribution is 2.57. The van der Waals surface area contributed by atoms with Gasteiger partial charge in [-0.25, -0.2) is 0 Å². The largest absolute Gasteiger partial charge is 0.460 e. The molecule has 0 aliphatic heterocycles. The molecule has 3 aromatic carbocycles. The number of pyridine rings is 1. The molecule has 0 saturated heterocycles. The molecule has 5 aromatic rings. The minimum absolute atomic E-state index is 0.791. The van der Waals surface area contributed by atoms with Crippen molar-refractivity contribution in [1.29, 1.82) is 0 Å². The molecule has 35 heavy (non-hydrogen) atoms. The zero-order chi connectivity index (χ0) is 23.7. The van der Waals surface area contributed by atoms with Crippen LogP contribution >= 0.6 is 31.9 Å². The highest BCUT2D eigenvalue weighted by Gasteiger charge is 2.47. The van der Waals surface area contributed by atoms with E-state index in [1.165, 1.54) is 0 Å². The molecule has 2 aliphatic carbocycles. The van der Waals surface area contributed by atoms with Crippen molar-refractivity contribution >= 4 is 48.9 Å². The van der Waals surface area contributed by atoms with Gasteiger partial charge in [0.1, 0.15) is 16.9 Å². The molecule has 7 rings (SSSR count). The van der Waals surface area contributed by atoms with Crippen molar-refractivity contribution in [2.75, 3.05) is 0 Å². The number of allylic oxidation sites excluding steroid dienone is 1. The second-order valence-corrected chi connectivity index (χ2v) is 10.8. The average molecular weight is 585 g/mol.